The number of hydrogen-bond acceptors (Lipinski definition) is 4. The molecule has 2 heterocycles. The number of hydrogen-bond donors (Lipinski definition) is 1. The van der Waals surface area contributed by atoms with E-state index in [1.165, 1.54) is 0 Å². The minimum Gasteiger partial charge on any atom is -0.354 e. The molecule has 1 unspecified atom stereocenters. The summed E-state index contributed by atoms with van der Waals surface area (Å²) in [4.78, 5) is 17.7. The molecule has 88 valence electrons. The fourth-order valence-electron chi connectivity index (χ4n) is 2.01. The number of pyridine rings is 1. The van der Waals surface area contributed by atoms with E-state index < -0.39 is 0 Å². The van der Waals surface area contributed by atoms with Gasteiger partial charge in [0.1, 0.15) is 11.9 Å². The zero-order valence-electron chi connectivity index (χ0n) is 9.68. The largest absolute Gasteiger partial charge is 0.354 e. The van der Waals surface area contributed by atoms with Crippen molar-refractivity contribution in [2.45, 2.75) is 19.4 Å². The van der Waals surface area contributed by atoms with Crippen molar-refractivity contribution in [2.75, 3.05) is 18.0 Å². The summed E-state index contributed by atoms with van der Waals surface area (Å²) >= 11 is 0. The summed E-state index contributed by atoms with van der Waals surface area (Å²) in [5.74, 6) is 0.716. The van der Waals surface area contributed by atoms with E-state index >= 15 is 0 Å². The molecular formula is C12H14N4O. The highest BCUT2D eigenvalue weighted by molar-refractivity contribution is 5.77. The van der Waals surface area contributed by atoms with E-state index in [2.05, 4.69) is 16.4 Å². The maximum atomic E-state index is 11.4. The van der Waals surface area contributed by atoms with Gasteiger partial charge in [-0.2, -0.15) is 5.26 Å². The van der Waals surface area contributed by atoms with Gasteiger partial charge in [0, 0.05) is 31.7 Å². The first-order valence-electron chi connectivity index (χ1n) is 5.61. The molecule has 1 aliphatic heterocycles. The first-order valence-corrected chi connectivity index (χ1v) is 5.61. The van der Waals surface area contributed by atoms with Gasteiger partial charge in [-0.15, -0.1) is 0 Å². The van der Waals surface area contributed by atoms with Crippen molar-refractivity contribution in [1.82, 2.24) is 10.3 Å². The second-order valence-electron chi connectivity index (χ2n) is 4.08. The predicted molar refractivity (Wildman–Crippen MR) is 63.4 cm³/mol. The molecule has 1 aromatic heterocycles. The van der Waals surface area contributed by atoms with Gasteiger partial charge in [-0.3, -0.25) is 4.79 Å². The highest BCUT2D eigenvalue weighted by Crippen LogP contribution is 2.20. The Morgan fingerprint density at radius 2 is 2.47 bits per heavy atom. The third-order valence-electron chi connectivity index (χ3n) is 2.87. The lowest BCUT2D eigenvalue weighted by molar-refractivity contribution is -0.120. The second-order valence-corrected chi connectivity index (χ2v) is 4.08. The van der Waals surface area contributed by atoms with Crippen LogP contribution in [0.15, 0.2) is 18.3 Å². The van der Waals surface area contributed by atoms with E-state index in [4.69, 9.17) is 5.26 Å². The first-order chi connectivity index (χ1) is 8.22. The summed E-state index contributed by atoms with van der Waals surface area (Å²) in [7, 11) is 0. The van der Waals surface area contributed by atoms with Gasteiger partial charge < -0.3 is 10.2 Å². The number of rotatable bonds is 1. The lowest BCUT2D eigenvalue weighted by atomic mass is 10.1. The van der Waals surface area contributed by atoms with Crippen molar-refractivity contribution >= 4 is 11.7 Å². The van der Waals surface area contributed by atoms with E-state index in [1.807, 2.05) is 11.8 Å². The van der Waals surface area contributed by atoms with Gasteiger partial charge in [-0.25, -0.2) is 4.98 Å². The Morgan fingerprint density at radius 3 is 3.24 bits per heavy atom. The van der Waals surface area contributed by atoms with Crippen molar-refractivity contribution in [3.8, 4) is 6.07 Å². The number of carbonyl (C=O) groups excluding carboxylic acids is 1. The number of anilines is 1. The molecule has 1 N–H and O–H groups in total. The van der Waals surface area contributed by atoms with E-state index in [1.54, 1.807) is 18.3 Å². The highest BCUT2D eigenvalue weighted by Gasteiger charge is 2.23. The van der Waals surface area contributed by atoms with E-state index in [9.17, 15) is 4.79 Å². The van der Waals surface area contributed by atoms with Crippen LogP contribution in [-0.4, -0.2) is 30.0 Å². The maximum Gasteiger partial charge on any atom is 0.222 e. The summed E-state index contributed by atoms with van der Waals surface area (Å²) < 4.78 is 0. The van der Waals surface area contributed by atoms with Gasteiger partial charge in [0.25, 0.3) is 0 Å². The van der Waals surface area contributed by atoms with Crippen molar-refractivity contribution in [1.29, 1.82) is 5.26 Å². The minimum atomic E-state index is 0.0504. The Balaban J connectivity index is 2.32. The quantitative estimate of drug-likeness (QED) is 0.769. The molecule has 2 rings (SSSR count). The Bertz CT molecular complexity index is 466. The lowest BCUT2D eigenvalue weighted by Gasteiger charge is -2.27. The maximum absolute atomic E-state index is 11.4. The number of amides is 1. The number of aromatic nitrogens is 1. The van der Waals surface area contributed by atoms with Gasteiger partial charge in [0.05, 0.1) is 5.56 Å². The number of nitrogens with zero attached hydrogens (tertiary/aromatic N) is 3. The normalized spacial score (nSPS) is 20.4. The molecule has 1 amide bonds. The fourth-order valence-corrected chi connectivity index (χ4v) is 2.01. The third kappa shape index (κ3) is 2.36. The number of nitriles is 1. The molecular weight excluding hydrogens is 216 g/mol. The summed E-state index contributed by atoms with van der Waals surface area (Å²) in [6, 6.07) is 5.68. The van der Waals surface area contributed by atoms with Gasteiger partial charge in [-0.05, 0) is 19.1 Å². The topological polar surface area (TPSA) is 69.0 Å². The Morgan fingerprint density at radius 1 is 1.65 bits per heavy atom. The second kappa shape index (κ2) is 4.83. The molecule has 5 heteroatoms. The van der Waals surface area contributed by atoms with Crippen molar-refractivity contribution < 1.29 is 4.79 Å². The molecule has 0 spiro atoms. The zero-order chi connectivity index (χ0) is 12.3. The van der Waals surface area contributed by atoms with Crippen LogP contribution < -0.4 is 10.2 Å². The molecule has 5 nitrogen and oxygen atoms in total. The Hall–Kier alpha value is -2.09. The first kappa shape index (κ1) is 11.4. The lowest BCUT2D eigenvalue weighted by Crippen LogP contribution is -2.35. The molecule has 1 aliphatic rings. The smallest absolute Gasteiger partial charge is 0.222 e. The zero-order valence-corrected chi connectivity index (χ0v) is 9.68. The van der Waals surface area contributed by atoms with Gasteiger partial charge in [0.15, 0.2) is 0 Å². The van der Waals surface area contributed by atoms with Crippen LogP contribution in [0.4, 0.5) is 5.82 Å². The Labute approximate surface area is 100 Å². The molecule has 1 aromatic rings. The standard InChI is InChI=1S/C12H14N4O/c1-9-7-11(17)14-5-6-16(9)12-10(8-13)3-2-4-15-12/h2-4,9H,5-7H2,1H3,(H,14,17). The molecule has 0 aliphatic carbocycles. The van der Waals surface area contributed by atoms with Crippen molar-refractivity contribution in [3.63, 3.8) is 0 Å². The average Bonchev–Trinajstić information content (AvgIpc) is 2.50. The highest BCUT2D eigenvalue weighted by atomic mass is 16.1. The van der Waals surface area contributed by atoms with Crippen LogP contribution >= 0.6 is 0 Å². The summed E-state index contributed by atoms with van der Waals surface area (Å²) in [6.07, 6.45) is 2.10. The van der Waals surface area contributed by atoms with Gasteiger partial charge in [0.2, 0.25) is 5.91 Å². The van der Waals surface area contributed by atoms with Crippen LogP contribution in [0.25, 0.3) is 0 Å². The minimum absolute atomic E-state index is 0.0504. The molecule has 1 atom stereocenters. The molecule has 0 radical (unpaired) electrons. The van der Waals surface area contributed by atoms with E-state index in [-0.39, 0.29) is 11.9 Å². The Kier molecular flexibility index (Phi) is 3.24. The predicted octanol–water partition coefficient (Wildman–Crippen LogP) is 0.668. The van der Waals surface area contributed by atoms with Gasteiger partial charge >= 0.3 is 0 Å². The van der Waals surface area contributed by atoms with Crippen molar-refractivity contribution in [3.05, 3.63) is 23.9 Å². The summed E-state index contributed by atoms with van der Waals surface area (Å²) in [5, 5.41) is 11.9. The third-order valence-corrected chi connectivity index (χ3v) is 2.87. The summed E-state index contributed by atoms with van der Waals surface area (Å²) in [6.45, 7) is 3.24. The molecule has 0 bridgehead atoms. The molecule has 1 saturated heterocycles. The van der Waals surface area contributed by atoms with E-state index in [0.717, 1.165) is 0 Å². The number of carbonyl (C=O) groups is 1. The number of nitrogens with one attached hydrogen (secondary N) is 1. The van der Waals surface area contributed by atoms with Gasteiger partial charge in [-0.1, -0.05) is 0 Å². The van der Waals surface area contributed by atoms with Crippen LogP contribution in [0, 0.1) is 11.3 Å². The molecule has 0 aromatic carbocycles. The van der Waals surface area contributed by atoms with Crippen LogP contribution in [0.1, 0.15) is 18.9 Å². The monoisotopic (exact) mass is 230 g/mol. The molecule has 1 fully saturated rings. The van der Waals surface area contributed by atoms with Crippen LogP contribution in [0.3, 0.4) is 0 Å². The molecule has 0 saturated carbocycles. The van der Waals surface area contributed by atoms with E-state index in [0.29, 0.717) is 30.9 Å². The molecule has 17 heavy (non-hydrogen) atoms. The average molecular weight is 230 g/mol. The van der Waals surface area contributed by atoms with Crippen LogP contribution in [0.5, 0.6) is 0 Å². The van der Waals surface area contributed by atoms with Crippen molar-refractivity contribution in [2.24, 2.45) is 0 Å². The SMILES string of the molecule is CC1CC(=O)NCCN1c1ncccc1C#N. The van der Waals surface area contributed by atoms with Crippen LogP contribution in [0.2, 0.25) is 0 Å². The van der Waals surface area contributed by atoms with Crippen LogP contribution in [-0.2, 0) is 4.79 Å². The summed E-state index contributed by atoms with van der Waals surface area (Å²) in [5.41, 5.74) is 0.550. The fraction of sp³-hybridized carbons (Fsp3) is 0.417.